The number of nitrogens with zero attached hydrogens (tertiary/aromatic N) is 2. The molecule has 0 fully saturated rings. The van der Waals surface area contributed by atoms with Crippen LogP contribution >= 0.6 is 11.3 Å². The van der Waals surface area contributed by atoms with Gasteiger partial charge in [-0.05, 0) is 22.9 Å². The second kappa shape index (κ2) is 7.59. The lowest BCUT2D eigenvalue weighted by Gasteiger charge is -2.04. The highest BCUT2D eigenvalue weighted by Gasteiger charge is 2.11. The average Bonchev–Trinajstić information content (AvgIpc) is 3.19. The Morgan fingerprint density at radius 1 is 1.07 bits per heavy atom. The minimum Gasteiger partial charge on any atom is -0.358 e. The highest BCUT2D eigenvalue weighted by atomic mass is 32.1. The maximum atomic E-state index is 13.8. The molecule has 0 amide bonds. The Balaban J connectivity index is 1.66. The summed E-state index contributed by atoms with van der Waals surface area (Å²) >= 11 is 1.33. The Labute approximate surface area is 164 Å². The van der Waals surface area contributed by atoms with E-state index in [9.17, 15) is 14.0 Å². The van der Waals surface area contributed by atoms with E-state index in [4.69, 9.17) is 0 Å². The molecule has 0 saturated heterocycles. The van der Waals surface area contributed by atoms with Crippen LogP contribution in [0.1, 0.15) is 5.01 Å². The molecule has 3 aromatic carbocycles. The Morgan fingerprint density at radius 2 is 1.89 bits per heavy atom. The molecule has 1 aromatic heterocycles. The van der Waals surface area contributed by atoms with Gasteiger partial charge in [-0.15, -0.1) is 11.3 Å². The molecule has 3 nitrogen and oxygen atoms in total. The van der Waals surface area contributed by atoms with E-state index in [0.29, 0.717) is 5.01 Å². The fraction of sp³-hybridized carbons (Fsp3) is 0. The normalized spacial score (nSPS) is 11.4. The van der Waals surface area contributed by atoms with E-state index in [1.54, 1.807) is 0 Å². The number of thiazole rings is 1. The summed E-state index contributed by atoms with van der Waals surface area (Å²) in [6.07, 6.45) is 1.38. The van der Waals surface area contributed by atoms with Gasteiger partial charge in [-0.2, -0.15) is 5.26 Å². The van der Waals surface area contributed by atoms with Crippen molar-refractivity contribution in [3.05, 3.63) is 88.9 Å². The van der Waals surface area contributed by atoms with Crippen molar-refractivity contribution >= 4 is 33.4 Å². The quantitative estimate of drug-likeness (QED) is 0.422. The molecule has 1 heterocycles. The molecule has 0 spiro atoms. The molecule has 1 N–H and O–H groups in total. The van der Waals surface area contributed by atoms with Crippen molar-refractivity contribution in [3.8, 4) is 17.3 Å². The van der Waals surface area contributed by atoms with Gasteiger partial charge in [-0.1, -0.05) is 42.5 Å². The van der Waals surface area contributed by atoms with Gasteiger partial charge < -0.3 is 5.32 Å². The Kier molecular flexibility index (Phi) is 4.83. The van der Waals surface area contributed by atoms with Crippen LogP contribution in [0.5, 0.6) is 0 Å². The second-order valence-electron chi connectivity index (χ2n) is 6.00. The van der Waals surface area contributed by atoms with Crippen molar-refractivity contribution in [1.82, 2.24) is 4.98 Å². The summed E-state index contributed by atoms with van der Waals surface area (Å²) in [5.74, 6) is -1.39. The van der Waals surface area contributed by atoms with Crippen LogP contribution in [0.2, 0.25) is 0 Å². The fourth-order valence-electron chi connectivity index (χ4n) is 2.87. The van der Waals surface area contributed by atoms with Crippen molar-refractivity contribution in [2.45, 2.75) is 0 Å². The third-order valence-corrected chi connectivity index (χ3v) is 5.10. The van der Waals surface area contributed by atoms with Crippen LogP contribution in [0, 0.1) is 23.0 Å². The molecule has 0 aliphatic rings. The molecule has 0 radical (unpaired) electrons. The van der Waals surface area contributed by atoms with Crippen LogP contribution in [0.15, 0.2) is 72.2 Å². The monoisotopic (exact) mass is 389 g/mol. The first-order valence-corrected chi connectivity index (χ1v) is 9.29. The van der Waals surface area contributed by atoms with Gasteiger partial charge in [0.1, 0.15) is 28.3 Å². The Bertz CT molecular complexity index is 1230. The van der Waals surface area contributed by atoms with E-state index in [0.717, 1.165) is 34.2 Å². The van der Waals surface area contributed by atoms with Gasteiger partial charge in [0.15, 0.2) is 0 Å². The minimum absolute atomic E-state index is 0.0833. The summed E-state index contributed by atoms with van der Waals surface area (Å²) in [5, 5.41) is 16.8. The van der Waals surface area contributed by atoms with Crippen LogP contribution in [0.4, 0.5) is 14.5 Å². The number of nitrogens with one attached hydrogen (secondary N) is 1. The van der Waals surface area contributed by atoms with E-state index in [-0.39, 0.29) is 11.3 Å². The number of nitriles is 1. The lowest BCUT2D eigenvalue weighted by molar-refractivity contribution is 0.586. The number of hydrogen-bond acceptors (Lipinski definition) is 4. The smallest absolute Gasteiger partial charge is 0.149 e. The topological polar surface area (TPSA) is 48.7 Å². The van der Waals surface area contributed by atoms with Gasteiger partial charge in [-0.3, -0.25) is 0 Å². The van der Waals surface area contributed by atoms with Gasteiger partial charge in [-0.25, -0.2) is 13.8 Å². The van der Waals surface area contributed by atoms with E-state index in [1.807, 2.05) is 47.8 Å². The molecule has 4 aromatic rings. The highest BCUT2D eigenvalue weighted by molar-refractivity contribution is 7.11. The summed E-state index contributed by atoms with van der Waals surface area (Å²) < 4.78 is 26.8. The maximum Gasteiger partial charge on any atom is 0.149 e. The molecule has 28 heavy (non-hydrogen) atoms. The van der Waals surface area contributed by atoms with Gasteiger partial charge in [0, 0.05) is 23.2 Å². The van der Waals surface area contributed by atoms with Crippen molar-refractivity contribution in [2.24, 2.45) is 0 Å². The SMILES string of the molecule is N#CC(=CNc1ccc(F)cc1F)c1nc(-c2cccc3ccccc23)cs1. The maximum absolute atomic E-state index is 13.8. The fourth-order valence-corrected chi connectivity index (χ4v) is 3.65. The summed E-state index contributed by atoms with van der Waals surface area (Å²) in [5.41, 5.74) is 2.10. The van der Waals surface area contributed by atoms with Crippen LogP contribution in [-0.4, -0.2) is 4.98 Å². The zero-order valence-corrected chi connectivity index (χ0v) is 15.3. The molecule has 0 atom stereocenters. The summed E-state index contributed by atoms with van der Waals surface area (Å²) in [4.78, 5) is 4.58. The largest absolute Gasteiger partial charge is 0.358 e. The molecule has 6 heteroatoms. The second-order valence-corrected chi connectivity index (χ2v) is 6.86. The summed E-state index contributed by atoms with van der Waals surface area (Å²) in [7, 11) is 0. The molecule has 0 aliphatic heterocycles. The van der Waals surface area contributed by atoms with E-state index in [2.05, 4.69) is 16.4 Å². The van der Waals surface area contributed by atoms with Gasteiger partial charge >= 0.3 is 0 Å². The van der Waals surface area contributed by atoms with Crippen LogP contribution in [0.3, 0.4) is 0 Å². The third kappa shape index (κ3) is 3.48. The van der Waals surface area contributed by atoms with Gasteiger partial charge in [0.05, 0.1) is 11.4 Å². The molecule has 0 unspecified atom stereocenters. The van der Waals surface area contributed by atoms with Crippen molar-refractivity contribution in [2.75, 3.05) is 5.32 Å². The first-order chi connectivity index (χ1) is 13.7. The number of hydrogen-bond donors (Lipinski definition) is 1. The first kappa shape index (κ1) is 17.8. The van der Waals surface area contributed by atoms with E-state index in [1.165, 1.54) is 23.6 Å². The van der Waals surface area contributed by atoms with Crippen LogP contribution < -0.4 is 5.32 Å². The Hall–Kier alpha value is -3.56. The molecule has 4 rings (SSSR count). The summed E-state index contributed by atoms with van der Waals surface area (Å²) in [6, 6.07) is 19.3. The number of allylic oxidation sites excluding steroid dienone is 1. The number of rotatable bonds is 4. The van der Waals surface area contributed by atoms with Gasteiger partial charge in [0.2, 0.25) is 0 Å². The third-order valence-electron chi connectivity index (χ3n) is 4.22. The van der Waals surface area contributed by atoms with E-state index >= 15 is 0 Å². The van der Waals surface area contributed by atoms with Crippen molar-refractivity contribution in [3.63, 3.8) is 0 Å². The Morgan fingerprint density at radius 3 is 2.71 bits per heavy atom. The first-order valence-electron chi connectivity index (χ1n) is 8.41. The predicted molar refractivity (Wildman–Crippen MR) is 109 cm³/mol. The zero-order valence-electron chi connectivity index (χ0n) is 14.5. The molecule has 0 bridgehead atoms. The number of halogens is 2. The number of anilines is 1. The van der Waals surface area contributed by atoms with Gasteiger partial charge in [0.25, 0.3) is 0 Å². The standard InChI is InChI=1S/C22H13F2N3S/c23-16-8-9-20(19(24)10-16)26-12-15(11-25)22-27-21(13-28-22)18-7-3-5-14-4-1-2-6-17(14)18/h1-10,12-13,26H. The zero-order chi connectivity index (χ0) is 19.5. The summed E-state index contributed by atoms with van der Waals surface area (Å²) in [6.45, 7) is 0. The molecule has 0 aliphatic carbocycles. The molecular formula is C22H13F2N3S. The van der Waals surface area contributed by atoms with E-state index < -0.39 is 11.6 Å². The minimum atomic E-state index is -0.732. The average molecular weight is 389 g/mol. The van der Waals surface area contributed by atoms with Crippen molar-refractivity contribution in [1.29, 1.82) is 5.26 Å². The van der Waals surface area contributed by atoms with Crippen molar-refractivity contribution < 1.29 is 8.78 Å². The molecule has 0 saturated carbocycles. The van der Waals surface area contributed by atoms with Crippen LogP contribution in [-0.2, 0) is 0 Å². The number of aromatic nitrogens is 1. The molecule has 136 valence electrons. The predicted octanol–water partition coefficient (Wildman–Crippen LogP) is 6.22. The van der Waals surface area contributed by atoms with Crippen LogP contribution in [0.25, 0.3) is 27.6 Å². The lowest BCUT2D eigenvalue weighted by Crippen LogP contribution is -1.94. The number of benzene rings is 3. The molecular weight excluding hydrogens is 376 g/mol. The highest BCUT2D eigenvalue weighted by Crippen LogP contribution is 2.31. The number of fused-ring (bicyclic) bond motifs is 1. The lowest BCUT2D eigenvalue weighted by atomic mass is 10.0.